The minimum atomic E-state index is -0.758. The molecule has 0 N–H and O–H groups in total. The van der Waals surface area contributed by atoms with Gasteiger partial charge in [0.25, 0.3) is 0 Å². The lowest BCUT2D eigenvalue weighted by Gasteiger charge is -2.04. The second-order valence-corrected chi connectivity index (χ2v) is 5.22. The molecule has 19 heavy (non-hydrogen) atoms. The van der Waals surface area contributed by atoms with Gasteiger partial charge in [0.05, 0.1) is 10.8 Å². The van der Waals surface area contributed by atoms with E-state index >= 15 is 0 Å². The van der Waals surface area contributed by atoms with Gasteiger partial charge in [-0.25, -0.2) is 8.78 Å². The molecule has 0 aliphatic rings. The standard InChI is InChI=1S/C14H9ClF2OS/c15-12-3-1-2-4-14(12)19-8-13(18)9-5-10(16)7-11(17)6-9/h1-7H,8H2. The molecule has 0 aliphatic carbocycles. The summed E-state index contributed by atoms with van der Waals surface area (Å²) in [6, 6.07) is 9.88. The Hall–Kier alpha value is -1.39. The van der Waals surface area contributed by atoms with Crippen molar-refractivity contribution in [3.8, 4) is 0 Å². The first-order chi connectivity index (χ1) is 9.06. The van der Waals surface area contributed by atoms with Crippen LogP contribution >= 0.6 is 23.4 Å². The average molecular weight is 299 g/mol. The topological polar surface area (TPSA) is 17.1 Å². The number of carbonyl (C=O) groups excluding carboxylic acids is 1. The summed E-state index contributed by atoms with van der Waals surface area (Å²) < 4.78 is 26.0. The lowest BCUT2D eigenvalue weighted by Crippen LogP contribution is -2.03. The van der Waals surface area contributed by atoms with Gasteiger partial charge in [-0.3, -0.25) is 4.79 Å². The van der Waals surface area contributed by atoms with Crippen LogP contribution in [0.2, 0.25) is 5.02 Å². The Balaban J connectivity index is 2.08. The van der Waals surface area contributed by atoms with Crippen LogP contribution in [-0.4, -0.2) is 11.5 Å². The number of thioether (sulfide) groups is 1. The van der Waals surface area contributed by atoms with Crippen LogP contribution in [0.15, 0.2) is 47.4 Å². The van der Waals surface area contributed by atoms with Crippen molar-refractivity contribution in [1.29, 1.82) is 0 Å². The predicted octanol–water partition coefficient (Wildman–Crippen LogP) is 4.59. The zero-order valence-electron chi connectivity index (χ0n) is 9.70. The predicted molar refractivity (Wildman–Crippen MR) is 72.9 cm³/mol. The molecule has 0 bridgehead atoms. The van der Waals surface area contributed by atoms with Crippen molar-refractivity contribution in [1.82, 2.24) is 0 Å². The summed E-state index contributed by atoms with van der Waals surface area (Å²) in [4.78, 5) is 12.6. The highest BCUT2D eigenvalue weighted by Gasteiger charge is 2.10. The molecule has 0 aromatic heterocycles. The van der Waals surface area contributed by atoms with Crippen molar-refractivity contribution in [2.24, 2.45) is 0 Å². The van der Waals surface area contributed by atoms with Gasteiger partial charge < -0.3 is 0 Å². The third-order valence-corrected chi connectivity index (χ3v) is 3.90. The van der Waals surface area contributed by atoms with Crippen molar-refractivity contribution in [2.45, 2.75) is 4.90 Å². The molecule has 0 radical (unpaired) electrons. The molecule has 2 aromatic carbocycles. The van der Waals surface area contributed by atoms with E-state index in [2.05, 4.69) is 0 Å². The summed E-state index contributed by atoms with van der Waals surface area (Å²) in [5, 5.41) is 0.547. The Labute approximate surface area is 118 Å². The molecule has 0 saturated heterocycles. The molecule has 0 unspecified atom stereocenters. The number of Topliss-reactive ketones (excluding diaryl/α,β-unsaturated/α-hetero) is 1. The van der Waals surface area contributed by atoms with E-state index in [-0.39, 0.29) is 17.1 Å². The summed E-state index contributed by atoms with van der Waals surface area (Å²) >= 11 is 7.19. The molecule has 2 aromatic rings. The third kappa shape index (κ3) is 3.78. The summed E-state index contributed by atoms with van der Waals surface area (Å²) in [5.74, 6) is -1.78. The smallest absolute Gasteiger partial charge is 0.173 e. The molecule has 5 heteroatoms. The van der Waals surface area contributed by atoms with E-state index in [1.165, 1.54) is 11.8 Å². The zero-order valence-corrected chi connectivity index (χ0v) is 11.3. The molecular formula is C14H9ClF2OS. The van der Waals surface area contributed by atoms with Crippen LogP contribution in [-0.2, 0) is 0 Å². The van der Waals surface area contributed by atoms with E-state index < -0.39 is 11.6 Å². The highest BCUT2D eigenvalue weighted by Crippen LogP contribution is 2.27. The Morgan fingerprint density at radius 2 is 1.74 bits per heavy atom. The molecule has 0 fully saturated rings. The maximum Gasteiger partial charge on any atom is 0.173 e. The van der Waals surface area contributed by atoms with Gasteiger partial charge in [0.1, 0.15) is 11.6 Å². The van der Waals surface area contributed by atoms with Crippen LogP contribution in [0.1, 0.15) is 10.4 Å². The summed E-state index contributed by atoms with van der Waals surface area (Å²) in [7, 11) is 0. The quantitative estimate of drug-likeness (QED) is 0.606. The maximum absolute atomic E-state index is 13.0. The van der Waals surface area contributed by atoms with E-state index in [0.717, 1.165) is 23.1 Å². The van der Waals surface area contributed by atoms with Gasteiger partial charge in [-0.2, -0.15) is 0 Å². The van der Waals surface area contributed by atoms with Crippen molar-refractivity contribution in [3.05, 3.63) is 64.7 Å². The maximum atomic E-state index is 13.0. The molecule has 0 heterocycles. The monoisotopic (exact) mass is 298 g/mol. The Morgan fingerprint density at radius 1 is 1.11 bits per heavy atom. The van der Waals surface area contributed by atoms with E-state index in [9.17, 15) is 13.6 Å². The number of hydrogen-bond donors (Lipinski definition) is 0. The zero-order chi connectivity index (χ0) is 13.8. The molecule has 98 valence electrons. The Kier molecular flexibility index (Phi) is 4.56. The molecule has 0 aliphatic heterocycles. The highest BCUT2D eigenvalue weighted by atomic mass is 35.5. The summed E-state index contributed by atoms with van der Waals surface area (Å²) in [6.07, 6.45) is 0. The molecular weight excluding hydrogens is 290 g/mol. The fourth-order valence-electron chi connectivity index (χ4n) is 1.50. The normalized spacial score (nSPS) is 10.5. The number of rotatable bonds is 4. The average Bonchev–Trinajstić information content (AvgIpc) is 2.36. The Morgan fingerprint density at radius 3 is 2.37 bits per heavy atom. The second kappa shape index (κ2) is 6.17. The van der Waals surface area contributed by atoms with Gasteiger partial charge in [-0.1, -0.05) is 23.7 Å². The van der Waals surface area contributed by atoms with Crippen LogP contribution in [0.4, 0.5) is 8.78 Å². The van der Waals surface area contributed by atoms with Crippen LogP contribution in [0.3, 0.4) is 0 Å². The van der Waals surface area contributed by atoms with Crippen LogP contribution in [0.25, 0.3) is 0 Å². The minimum absolute atomic E-state index is 0.0250. The molecule has 1 nitrogen and oxygen atoms in total. The van der Waals surface area contributed by atoms with Crippen LogP contribution < -0.4 is 0 Å². The first-order valence-electron chi connectivity index (χ1n) is 5.43. The van der Waals surface area contributed by atoms with Crippen molar-refractivity contribution < 1.29 is 13.6 Å². The minimum Gasteiger partial charge on any atom is -0.293 e. The van der Waals surface area contributed by atoms with Gasteiger partial charge >= 0.3 is 0 Å². The van der Waals surface area contributed by atoms with Gasteiger partial charge in [-0.15, -0.1) is 11.8 Å². The van der Waals surface area contributed by atoms with E-state index in [1.807, 2.05) is 0 Å². The molecule has 0 amide bonds. The van der Waals surface area contributed by atoms with Gasteiger partial charge in [0.2, 0.25) is 0 Å². The van der Waals surface area contributed by atoms with Gasteiger partial charge in [-0.05, 0) is 24.3 Å². The number of benzene rings is 2. The lowest BCUT2D eigenvalue weighted by atomic mass is 10.1. The number of hydrogen-bond acceptors (Lipinski definition) is 2. The van der Waals surface area contributed by atoms with E-state index in [1.54, 1.807) is 24.3 Å². The largest absolute Gasteiger partial charge is 0.293 e. The SMILES string of the molecule is O=C(CSc1ccccc1Cl)c1cc(F)cc(F)c1. The fraction of sp³-hybridized carbons (Fsp3) is 0.0714. The van der Waals surface area contributed by atoms with Crippen molar-refractivity contribution >= 4 is 29.1 Å². The van der Waals surface area contributed by atoms with E-state index in [4.69, 9.17) is 11.6 Å². The third-order valence-electron chi connectivity index (χ3n) is 2.38. The Bertz CT molecular complexity index is 596. The van der Waals surface area contributed by atoms with Crippen molar-refractivity contribution in [2.75, 3.05) is 5.75 Å². The molecule has 0 atom stereocenters. The summed E-state index contributed by atoms with van der Waals surface area (Å²) in [5.41, 5.74) is 0.0250. The first-order valence-corrected chi connectivity index (χ1v) is 6.79. The first kappa shape index (κ1) is 14.0. The lowest BCUT2D eigenvalue weighted by molar-refractivity contribution is 0.102. The van der Waals surface area contributed by atoms with Gasteiger partial charge in [0, 0.05) is 16.5 Å². The van der Waals surface area contributed by atoms with Gasteiger partial charge in [0.15, 0.2) is 5.78 Å². The highest BCUT2D eigenvalue weighted by molar-refractivity contribution is 8.00. The number of halogens is 3. The van der Waals surface area contributed by atoms with Crippen molar-refractivity contribution in [3.63, 3.8) is 0 Å². The van der Waals surface area contributed by atoms with Crippen LogP contribution in [0.5, 0.6) is 0 Å². The van der Waals surface area contributed by atoms with Crippen LogP contribution in [0, 0.1) is 11.6 Å². The molecule has 0 spiro atoms. The summed E-state index contributed by atoms with van der Waals surface area (Å²) in [6.45, 7) is 0. The number of carbonyl (C=O) groups is 1. The molecule has 2 rings (SSSR count). The fourth-order valence-corrected chi connectivity index (χ4v) is 2.64. The number of ketones is 1. The second-order valence-electron chi connectivity index (χ2n) is 3.80. The van der Waals surface area contributed by atoms with E-state index in [0.29, 0.717) is 5.02 Å². The molecule has 0 saturated carbocycles.